The molecule has 3 aliphatic carbocycles. The van der Waals surface area contributed by atoms with E-state index in [4.69, 9.17) is 14.2 Å². The van der Waals surface area contributed by atoms with Gasteiger partial charge in [0.2, 0.25) is 5.95 Å². The fourth-order valence-electron chi connectivity index (χ4n) is 4.92. The first-order valence-electron chi connectivity index (χ1n) is 11.0. The van der Waals surface area contributed by atoms with Crippen molar-refractivity contribution in [3.05, 3.63) is 35.7 Å². The number of methoxy groups -OCH3 is 1. The molecular weight excluding hydrogens is 452 g/mol. The number of carbonyl (C=O) groups is 1. The Balaban J connectivity index is 1.12. The molecule has 0 radical (unpaired) electrons. The number of carbonyl (C=O) groups excluding carboxylic acids is 1. The molecule has 0 unspecified atom stereocenters. The van der Waals surface area contributed by atoms with E-state index in [9.17, 15) is 9.18 Å². The van der Waals surface area contributed by atoms with Gasteiger partial charge in [-0.25, -0.2) is 23.5 Å². The fourth-order valence-corrected chi connectivity index (χ4v) is 4.92. The van der Waals surface area contributed by atoms with Gasteiger partial charge in [-0.15, -0.1) is 0 Å². The van der Waals surface area contributed by atoms with Gasteiger partial charge in [0.1, 0.15) is 6.10 Å². The average Bonchev–Trinajstić information content (AvgIpc) is 3.47. The van der Waals surface area contributed by atoms with Crippen LogP contribution < -0.4 is 10.6 Å². The molecule has 0 aromatic carbocycles. The first-order valence-corrected chi connectivity index (χ1v) is 11.0. The first kappa shape index (κ1) is 21.2. The molecule has 4 heterocycles. The Kier molecular flexibility index (Phi) is 4.92. The molecule has 4 aliphatic rings. The predicted octanol–water partition coefficient (Wildman–Crippen LogP) is 2.54. The summed E-state index contributed by atoms with van der Waals surface area (Å²) in [6.07, 6.45) is 1.40. The highest BCUT2D eigenvalue weighted by atomic mass is 19.1. The van der Waals surface area contributed by atoms with E-state index in [-0.39, 0.29) is 30.3 Å². The Bertz CT molecular complexity index is 1230. The van der Waals surface area contributed by atoms with E-state index < -0.39 is 30.3 Å². The van der Waals surface area contributed by atoms with E-state index >= 15 is 4.39 Å². The van der Waals surface area contributed by atoms with Gasteiger partial charge in [0.25, 0.3) is 0 Å². The standard InChI is InChI=1S/C21H23F2N7O4/c1-32-8-11-7-30-18(25-11)12(22)6-24-19(30)26-15-2-13(28-29-15)17-16(23)14(9-33-17)34-20(31)27-21-3-10(4-21)5-21/h2,6-7,10,14,16-17H,3-5,8-9H2,1H3,(H,27,31)(H2,24,26,28,29)/t10?,14-,16+,17-,21?/m0/s1. The number of rotatable bonds is 7. The smallest absolute Gasteiger partial charge is 0.408 e. The van der Waals surface area contributed by atoms with Crippen LogP contribution >= 0.6 is 0 Å². The van der Waals surface area contributed by atoms with E-state index in [1.54, 1.807) is 12.3 Å². The molecule has 13 heteroatoms. The van der Waals surface area contributed by atoms with Gasteiger partial charge in [0, 0.05) is 24.9 Å². The molecule has 4 fully saturated rings. The predicted molar refractivity (Wildman–Crippen MR) is 113 cm³/mol. The van der Waals surface area contributed by atoms with E-state index in [1.807, 2.05) is 0 Å². The van der Waals surface area contributed by atoms with Crippen LogP contribution in [0, 0.1) is 11.7 Å². The highest BCUT2D eigenvalue weighted by molar-refractivity contribution is 5.69. The van der Waals surface area contributed by atoms with E-state index in [0.717, 1.165) is 25.5 Å². The van der Waals surface area contributed by atoms with Gasteiger partial charge in [0.05, 0.1) is 30.8 Å². The zero-order valence-electron chi connectivity index (χ0n) is 18.3. The van der Waals surface area contributed by atoms with Crippen LogP contribution in [0.25, 0.3) is 5.65 Å². The lowest BCUT2D eigenvalue weighted by atomic mass is 9.50. The number of alkyl halides is 1. The van der Waals surface area contributed by atoms with Crippen molar-refractivity contribution < 1.29 is 27.8 Å². The summed E-state index contributed by atoms with van der Waals surface area (Å²) in [7, 11) is 1.52. The summed E-state index contributed by atoms with van der Waals surface area (Å²) in [4.78, 5) is 20.4. The highest BCUT2D eigenvalue weighted by Crippen LogP contribution is 2.57. The number of alkyl carbamates (subject to hydrolysis) is 1. The Labute approximate surface area is 192 Å². The number of imidazole rings is 1. The Morgan fingerprint density at radius 3 is 2.97 bits per heavy atom. The minimum absolute atomic E-state index is 0.0614. The minimum atomic E-state index is -1.56. The maximum absolute atomic E-state index is 15.0. The van der Waals surface area contributed by atoms with Crippen molar-refractivity contribution >= 4 is 23.5 Å². The molecule has 7 rings (SSSR count). The van der Waals surface area contributed by atoms with Crippen LogP contribution in [0.2, 0.25) is 0 Å². The summed E-state index contributed by atoms with van der Waals surface area (Å²) >= 11 is 0. The topological polar surface area (TPSA) is 128 Å². The Morgan fingerprint density at radius 2 is 2.24 bits per heavy atom. The molecule has 3 aromatic rings. The van der Waals surface area contributed by atoms with Gasteiger partial charge < -0.3 is 24.8 Å². The van der Waals surface area contributed by atoms with Crippen molar-refractivity contribution in [2.24, 2.45) is 5.92 Å². The Hall–Kier alpha value is -3.32. The quantitative estimate of drug-likeness (QED) is 0.476. The van der Waals surface area contributed by atoms with Crippen molar-refractivity contribution in [3.8, 4) is 0 Å². The number of ether oxygens (including phenoxy) is 3. The summed E-state index contributed by atoms with van der Waals surface area (Å²) in [5.74, 6) is 0.706. The molecule has 3 saturated carbocycles. The third-order valence-corrected chi connectivity index (χ3v) is 6.68. The lowest BCUT2D eigenvalue weighted by molar-refractivity contribution is -0.0528. The van der Waals surface area contributed by atoms with Crippen molar-refractivity contribution in [1.82, 2.24) is 29.9 Å². The largest absolute Gasteiger partial charge is 0.441 e. The fraction of sp³-hybridized carbons (Fsp3) is 0.524. The van der Waals surface area contributed by atoms with Crippen molar-refractivity contribution in [1.29, 1.82) is 0 Å². The second kappa shape index (κ2) is 7.87. The number of nitrogens with zero attached hydrogens (tertiary/aromatic N) is 4. The maximum Gasteiger partial charge on any atom is 0.408 e. The number of hydrogen-bond acceptors (Lipinski definition) is 8. The van der Waals surface area contributed by atoms with Gasteiger partial charge in [0.15, 0.2) is 29.6 Å². The SMILES string of the molecule is COCc1cn2c(Nc3cc([C@@H]4OC[C@H](OC(=O)NC56CC(C5)C6)[C@H]4F)[nH]n3)ncc(F)c2n1. The van der Waals surface area contributed by atoms with Gasteiger partial charge in [-0.3, -0.25) is 9.50 Å². The molecule has 11 nitrogen and oxygen atoms in total. The molecule has 34 heavy (non-hydrogen) atoms. The second-order valence-corrected chi connectivity index (χ2v) is 9.15. The number of halogens is 2. The molecule has 0 spiro atoms. The monoisotopic (exact) mass is 475 g/mol. The van der Waals surface area contributed by atoms with Crippen LogP contribution in [-0.4, -0.2) is 62.2 Å². The first-order chi connectivity index (χ1) is 16.4. The number of aromatic nitrogens is 5. The summed E-state index contributed by atoms with van der Waals surface area (Å²) < 4.78 is 46.5. The van der Waals surface area contributed by atoms with Gasteiger partial charge >= 0.3 is 6.09 Å². The molecule has 2 bridgehead atoms. The molecule has 1 amide bonds. The lowest BCUT2D eigenvalue weighted by Crippen LogP contribution is -2.68. The lowest BCUT2D eigenvalue weighted by Gasteiger charge is -2.61. The van der Waals surface area contributed by atoms with Gasteiger partial charge in [-0.1, -0.05) is 0 Å². The number of anilines is 2. The van der Waals surface area contributed by atoms with Crippen molar-refractivity contribution in [2.75, 3.05) is 19.0 Å². The number of aromatic amines is 1. The van der Waals surface area contributed by atoms with Gasteiger partial charge in [-0.05, 0) is 25.2 Å². The van der Waals surface area contributed by atoms with Crippen LogP contribution in [0.3, 0.4) is 0 Å². The summed E-state index contributed by atoms with van der Waals surface area (Å²) in [5, 5.41) is 12.7. The van der Waals surface area contributed by atoms with E-state index in [1.165, 1.54) is 11.5 Å². The molecule has 3 N–H and O–H groups in total. The van der Waals surface area contributed by atoms with Crippen LogP contribution in [0.1, 0.15) is 36.8 Å². The van der Waals surface area contributed by atoms with Crippen LogP contribution in [0.4, 0.5) is 25.3 Å². The summed E-state index contributed by atoms with van der Waals surface area (Å²) in [5.41, 5.74) is 0.838. The molecule has 3 atom stereocenters. The normalized spacial score (nSPS) is 29.5. The third kappa shape index (κ3) is 3.55. The summed E-state index contributed by atoms with van der Waals surface area (Å²) in [6.45, 7) is 0.154. The number of fused-ring (bicyclic) bond motifs is 1. The molecular formula is C21H23F2N7O4. The van der Waals surface area contributed by atoms with Crippen LogP contribution in [0.5, 0.6) is 0 Å². The molecule has 1 saturated heterocycles. The Morgan fingerprint density at radius 1 is 1.41 bits per heavy atom. The van der Waals surface area contributed by atoms with E-state index in [0.29, 0.717) is 23.1 Å². The van der Waals surface area contributed by atoms with Crippen molar-refractivity contribution in [2.45, 2.75) is 49.8 Å². The van der Waals surface area contributed by atoms with E-state index in [2.05, 4.69) is 30.8 Å². The van der Waals surface area contributed by atoms with Crippen molar-refractivity contribution in [3.63, 3.8) is 0 Å². The molecule has 180 valence electrons. The molecule has 1 aliphatic heterocycles. The average molecular weight is 475 g/mol. The number of nitrogens with one attached hydrogen (secondary N) is 3. The number of hydrogen-bond donors (Lipinski definition) is 3. The minimum Gasteiger partial charge on any atom is -0.441 e. The third-order valence-electron chi connectivity index (χ3n) is 6.68. The zero-order valence-corrected chi connectivity index (χ0v) is 18.3. The summed E-state index contributed by atoms with van der Waals surface area (Å²) in [6, 6.07) is 1.56. The molecule has 3 aromatic heterocycles. The second-order valence-electron chi connectivity index (χ2n) is 9.15. The zero-order chi connectivity index (χ0) is 23.4. The van der Waals surface area contributed by atoms with Crippen LogP contribution in [0.15, 0.2) is 18.5 Å². The van der Waals surface area contributed by atoms with Gasteiger partial charge in [-0.2, -0.15) is 5.10 Å². The highest BCUT2D eigenvalue weighted by Gasteiger charge is 2.58. The van der Waals surface area contributed by atoms with Crippen LogP contribution in [-0.2, 0) is 20.8 Å². The maximum atomic E-state index is 15.0. The number of H-pyrrole nitrogens is 1. The number of amides is 1.